The number of nitrogens with one attached hydrogen (secondary N) is 1. The third kappa shape index (κ3) is 1.75. The normalized spacial score (nSPS) is 12.5. The summed E-state index contributed by atoms with van der Waals surface area (Å²) in [6.45, 7) is 1.50. The Kier molecular flexibility index (Phi) is 2.66. The van der Waals surface area contributed by atoms with Crippen LogP contribution in [0, 0.1) is 0 Å². The molecule has 1 unspecified atom stereocenters. The number of aromatic nitrogens is 2. The predicted molar refractivity (Wildman–Crippen MR) is 63.4 cm³/mol. The first-order valence-electron chi connectivity index (χ1n) is 5.18. The average molecular weight is 249 g/mol. The first-order valence-corrected chi connectivity index (χ1v) is 5.18. The molecule has 4 N–H and O–H groups in total. The number of hydrogen-bond acceptors (Lipinski definition) is 3. The van der Waals surface area contributed by atoms with E-state index in [4.69, 9.17) is 10.8 Å². The van der Waals surface area contributed by atoms with E-state index >= 15 is 0 Å². The summed E-state index contributed by atoms with van der Waals surface area (Å²) in [7, 11) is 0. The number of carbonyl (C=O) groups is 2. The predicted octanol–water partition coefficient (Wildman–Crippen LogP) is 0.0741. The number of H-pyrrole nitrogens is 1. The molecule has 1 atom stereocenters. The number of aromatic amines is 1. The molecule has 7 nitrogen and oxygen atoms in total. The van der Waals surface area contributed by atoms with Crippen LogP contribution in [-0.2, 0) is 4.79 Å². The van der Waals surface area contributed by atoms with E-state index in [1.54, 1.807) is 0 Å². The van der Waals surface area contributed by atoms with E-state index in [1.807, 2.05) is 0 Å². The minimum Gasteiger partial charge on any atom is -0.478 e. The highest BCUT2D eigenvalue weighted by Gasteiger charge is 2.18. The molecule has 0 saturated carbocycles. The van der Waals surface area contributed by atoms with E-state index in [1.165, 1.54) is 29.7 Å². The minimum absolute atomic E-state index is 0.0580. The van der Waals surface area contributed by atoms with E-state index < -0.39 is 23.6 Å². The molecule has 0 aliphatic carbocycles. The van der Waals surface area contributed by atoms with Crippen LogP contribution in [-0.4, -0.2) is 26.5 Å². The van der Waals surface area contributed by atoms with E-state index in [2.05, 4.69) is 4.98 Å². The summed E-state index contributed by atoms with van der Waals surface area (Å²) in [4.78, 5) is 36.1. The number of nitrogens with two attached hydrogens (primary N) is 1. The maximum atomic E-state index is 11.7. The van der Waals surface area contributed by atoms with Gasteiger partial charge in [-0.1, -0.05) is 0 Å². The lowest BCUT2D eigenvalue weighted by molar-refractivity contribution is -0.120. The van der Waals surface area contributed by atoms with Crippen LogP contribution in [0.2, 0.25) is 0 Å². The Morgan fingerprint density at radius 3 is 2.67 bits per heavy atom. The molecule has 0 bridgehead atoms. The average Bonchev–Trinajstić information content (AvgIpc) is 2.62. The fourth-order valence-electron chi connectivity index (χ4n) is 1.78. The third-order valence-electron chi connectivity index (χ3n) is 2.76. The molecule has 1 aromatic carbocycles. The third-order valence-corrected chi connectivity index (χ3v) is 2.76. The summed E-state index contributed by atoms with van der Waals surface area (Å²) in [6, 6.07) is 3.36. The SMILES string of the molecule is CC(C(N)=O)n1c(=O)[nH]c2cc(C(=O)O)ccc21. The van der Waals surface area contributed by atoms with Crippen molar-refractivity contribution in [3.8, 4) is 0 Å². The van der Waals surface area contributed by atoms with E-state index in [-0.39, 0.29) is 5.56 Å². The molecule has 0 aliphatic rings. The molecular weight excluding hydrogens is 238 g/mol. The number of carboxylic acid groups (broad SMARTS) is 1. The van der Waals surface area contributed by atoms with Crippen molar-refractivity contribution in [3.63, 3.8) is 0 Å². The minimum atomic E-state index is -1.09. The van der Waals surface area contributed by atoms with Gasteiger partial charge in [-0.3, -0.25) is 9.36 Å². The quantitative estimate of drug-likeness (QED) is 0.713. The zero-order chi connectivity index (χ0) is 13.4. The molecule has 0 saturated heterocycles. The Balaban J connectivity index is 2.70. The van der Waals surface area contributed by atoms with Crippen molar-refractivity contribution in [2.75, 3.05) is 0 Å². The maximum absolute atomic E-state index is 11.7. The number of nitrogens with zero attached hydrogens (tertiary/aromatic N) is 1. The van der Waals surface area contributed by atoms with Crippen LogP contribution in [0.15, 0.2) is 23.0 Å². The monoisotopic (exact) mass is 249 g/mol. The first-order chi connectivity index (χ1) is 8.41. The fourth-order valence-corrected chi connectivity index (χ4v) is 1.78. The van der Waals surface area contributed by atoms with Crippen molar-refractivity contribution < 1.29 is 14.7 Å². The standard InChI is InChI=1S/C11H11N3O4/c1-5(9(12)15)14-8-3-2-6(10(16)17)4-7(8)13-11(14)18/h2-5H,1H3,(H2,12,15)(H,13,18)(H,16,17). The Morgan fingerprint density at radius 2 is 2.11 bits per heavy atom. The van der Waals surface area contributed by atoms with Gasteiger partial charge >= 0.3 is 11.7 Å². The first kappa shape index (κ1) is 11.9. The number of amides is 1. The molecule has 1 amide bonds. The van der Waals surface area contributed by atoms with Crippen LogP contribution >= 0.6 is 0 Å². The second-order valence-electron chi connectivity index (χ2n) is 3.92. The molecule has 0 radical (unpaired) electrons. The van der Waals surface area contributed by atoms with Gasteiger partial charge < -0.3 is 15.8 Å². The number of aromatic carboxylic acids is 1. The molecular formula is C11H11N3O4. The molecule has 1 aromatic heterocycles. The van der Waals surface area contributed by atoms with Crippen LogP contribution in [0.1, 0.15) is 23.3 Å². The topological polar surface area (TPSA) is 118 Å². The van der Waals surface area contributed by atoms with Crippen molar-refractivity contribution in [2.45, 2.75) is 13.0 Å². The fraction of sp³-hybridized carbons (Fsp3) is 0.182. The molecule has 1 heterocycles. The second kappa shape index (κ2) is 4.02. The summed E-state index contributed by atoms with van der Waals surface area (Å²) in [5, 5.41) is 8.84. The highest BCUT2D eigenvalue weighted by Crippen LogP contribution is 2.16. The van der Waals surface area contributed by atoms with Gasteiger partial charge in [-0.15, -0.1) is 0 Å². The molecule has 0 aliphatic heterocycles. The van der Waals surface area contributed by atoms with Crippen LogP contribution in [0.25, 0.3) is 11.0 Å². The van der Waals surface area contributed by atoms with Crippen LogP contribution in [0.5, 0.6) is 0 Å². The molecule has 18 heavy (non-hydrogen) atoms. The van der Waals surface area contributed by atoms with Gasteiger partial charge in [0.05, 0.1) is 16.6 Å². The Morgan fingerprint density at radius 1 is 1.44 bits per heavy atom. The van der Waals surface area contributed by atoms with E-state index in [0.717, 1.165) is 0 Å². The van der Waals surface area contributed by atoms with Gasteiger partial charge in [-0.05, 0) is 25.1 Å². The molecule has 94 valence electrons. The largest absolute Gasteiger partial charge is 0.478 e. The highest BCUT2D eigenvalue weighted by molar-refractivity contribution is 5.92. The molecule has 2 aromatic rings. The smallest absolute Gasteiger partial charge is 0.335 e. The number of hydrogen-bond donors (Lipinski definition) is 3. The van der Waals surface area contributed by atoms with E-state index in [9.17, 15) is 14.4 Å². The maximum Gasteiger partial charge on any atom is 0.335 e. The van der Waals surface area contributed by atoms with E-state index in [0.29, 0.717) is 11.0 Å². The molecule has 0 spiro atoms. The summed E-state index contributed by atoms with van der Waals surface area (Å²) < 4.78 is 1.20. The van der Waals surface area contributed by atoms with Crippen LogP contribution in [0.3, 0.4) is 0 Å². The Bertz CT molecular complexity index is 698. The number of fused-ring (bicyclic) bond motifs is 1. The Labute approximate surface area is 101 Å². The van der Waals surface area contributed by atoms with Gasteiger partial charge in [0.25, 0.3) is 0 Å². The van der Waals surface area contributed by atoms with Gasteiger partial charge in [0, 0.05) is 0 Å². The van der Waals surface area contributed by atoms with Crippen molar-refractivity contribution in [3.05, 3.63) is 34.2 Å². The number of carbonyl (C=O) groups excluding carboxylic acids is 1. The second-order valence-corrected chi connectivity index (χ2v) is 3.92. The highest BCUT2D eigenvalue weighted by atomic mass is 16.4. The molecule has 2 rings (SSSR count). The molecule has 0 fully saturated rings. The number of carboxylic acids is 1. The number of primary amides is 1. The van der Waals surface area contributed by atoms with Crippen molar-refractivity contribution in [1.29, 1.82) is 0 Å². The summed E-state index contributed by atoms with van der Waals surface area (Å²) in [6.07, 6.45) is 0. The Hall–Kier alpha value is -2.57. The van der Waals surface area contributed by atoms with Crippen molar-refractivity contribution in [1.82, 2.24) is 9.55 Å². The summed E-state index contributed by atoms with van der Waals surface area (Å²) in [5.41, 5.74) is 5.51. The van der Waals surface area contributed by atoms with Crippen molar-refractivity contribution >= 4 is 22.9 Å². The van der Waals surface area contributed by atoms with Gasteiger partial charge in [-0.25, -0.2) is 9.59 Å². The van der Waals surface area contributed by atoms with Gasteiger partial charge in [0.15, 0.2) is 0 Å². The number of benzene rings is 1. The van der Waals surface area contributed by atoms with Crippen LogP contribution < -0.4 is 11.4 Å². The lowest BCUT2D eigenvalue weighted by Crippen LogP contribution is -2.30. The van der Waals surface area contributed by atoms with Gasteiger partial charge in [0.1, 0.15) is 6.04 Å². The van der Waals surface area contributed by atoms with Crippen molar-refractivity contribution in [2.24, 2.45) is 5.73 Å². The lowest BCUT2D eigenvalue weighted by Gasteiger charge is -2.08. The van der Waals surface area contributed by atoms with Crippen LogP contribution in [0.4, 0.5) is 0 Å². The molecule has 7 heteroatoms. The summed E-state index contributed by atoms with van der Waals surface area (Å²) in [5.74, 6) is -1.73. The zero-order valence-corrected chi connectivity index (χ0v) is 9.51. The van der Waals surface area contributed by atoms with Gasteiger partial charge in [0.2, 0.25) is 5.91 Å². The van der Waals surface area contributed by atoms with Gasteiger partial charge in [-0.2, -0.15) is 0 Å². The zero-order valence-electron chi connectivity index (χ0n) is 9.51. The number of imidazole rings is 1. The summed E-state index contributed by atoms with van der Waals surface area (Å²) >= 11 is 0. The number of rotatable bonds is 3. The lowest BCUT2D eigenvalue weighted by atomic mass is 10.2.